The highest BCUT2D eigenvalue weighted by atomic mass is 32.2. The van der Waals surface area contributed by atoms with Gasteiger partial charge in [0.1, 0.15) is 11.0 Å². The van der Waals surface area contributed by atoms with Crippen molar-refractivity contribution in [3.63, 3.8) is 0 Å². The molecule has 1 fully saturated rings. The Morgan fingerprint density at radius 1 is 0.902 bits per heavy atom. The number of carbonyl (C=O) groups is 2. The lowest BCUT2D eigenvalue weighted by molar-refractivity contribution is -0.122. The van der Waals surface area contributed by atoms with Gasteiger partial charge < -0.3 is 0 Å². The number of imide groups is 1. The third-order valence-corrected chi connectivity index (χ3v) is 10.2. The molecule has 9 heteroatoms. The average molecular weight is 582 g/mol. The number of benzene rings is 4. The molecule has 0 radical (unpaired) electrons. The first-order valence-electron chi connectivity index (χ1n) is 13.3. The van der Waals surface area contributed by atoms with Crippen molar-refractivity contribution in [3.05, 3.63) is 114 Å². The molecule has 1 saturated heterocycles. The van der Waals surface area contributed by atoms with Gasteiger partial charge in [-0.05, 0) is 73.0 Å². The Bertz CT molecular complexity index is 1840. The fourth-order valence-electron chi connectivity index (χ4n) is 5.08. The maximum atomic E-state index is 13.8. The van der Waals surface area contributed by atoms with Crippen LogP contribution in [0.5, 0.6) is 0 Å². The van der Waals surface area contributed by atoms with Crippen LogP contribution >= 0.6 is 11.3 Å². The summed E-state index contributed by atoms with van der Waals surface area (Å²) in [5, 5.41) is 0.843. The monoisotopic (exact) mass is 581 g/mol. The van der Waals surface area contributed by atoms with E-state index in [0.717, 1.165) is 36.8 Å². The van der Waals surface area contributed by atoms with Crippen molar-refractivity contribution in [1.29, 1.82) is 0 Å². The Kier molecular flexibility index (Phi) is 7.25. The van der Waals surface area contributed by atoms with Crippen LogP contribution in [0.15, 0.2) is 108 Å². The number of hydrogen-bond acceptors (Lipinski definition) is 6. The average Bonchev–Trinajstić information content (AvgIpc) is 3.53. The first-order valence-corrected chi connectivity index (χ1v) is 15.5. The lowest BCUT2D eigenvalue weighted by Gasteiger charge is -2.27. The summed E-state index contributed by atoms with van der Waals surface area (Å²) >= 11 is 1.58. The standard InChI is InChI=1S/C32H27N3O4S2/c1-22-12-17-27-29(20-22)40-31(33-27)24-13-15-25(16-14-24)35-30(36)21-28(32(35)37)34(19-18-23-8-4-2-5-9-23)41(38,39)26-10-6-3-7-11-26/h2-17,20,28H,18-19,21H2,1H3. The number of fused-ring (bicyclic) bond motifs is 1. The number of carbonyl (C=O) groups excluding carboxylic acids is 2. The van der Waals surface area contributed by atoms with Crippen molar-refractivity contribution >= 4 is 49.1 Å². The Morgan fingerprint density at radius 2 is 1.59 bits per heavy atom. The molecule has 0 aliphatic carbocycles. The zero-order valence-electron chi connectivity index (χ0n) is 22.3. The summed E-state index contributed by atoms with van der Waals surface area (Å²) in [6, 6.07) is 29.6. The number of anilines is 1. The first kappa shape index (κ1) is 27.0. The Balaban J connectivity index is 1.28. The van der Waals surface area contributed by atoms with Gasteiger partial charge in [0.15, 0.2) is 0 Å². The third-order valence-electron chi connectivity index (χ3n) is 7.20. The smallest absolute Gasteiger partial charge is 0.252 e. The van der Waals surface area contributed by atoms with Gasteiger partial charge in [0.25, 0.3) is 5.91 Å². The third kappa shape index (κ3) is 5.31. The van der Waals surface area contributed by atoms with Gasteiger partial charge in [-0.15, -0.1) is 11.3 Å². The van der Waals surface area contributed by atoms with Crippen LogP contribution in [-0.2, 0) is 26.0 Å². The number of sulfonamides is 1. The van der Waals surface area contributed by atoms with Crippen molar-refractivity contribution in [2.24, 2.45) is 0 Å². The summed E-state index contributed by atoms with van der Waals surface area (Å²) < 4.78 is 29.8. The second-order valence-electron chi connectivity index (χ2n) is 9.99. The number of rotatable bonds is 8. The molecule has 1 aliphatic heterocycles. The highest BCUT2D eigenvalue weighted by Crippen LogP contribution is 2.34. The number of nitrogens with zero attached hydrogens (tertiary/aromatic N) is 3. The van der Waals surface area contributed by atoms with Crippen molar-refractivity contribution < 1.29 is 18.0 Å². The molecule has 1 unspecified atom stereocenters. The predicted octanol–water partition coefficient (Wildman–Crippen LogP) is 5.84. The molecule has 0 bridgehead atoms. The van der Waals surface area contributed by atoms with E-state index < -0.39 is 27.9 Å². The van der Waals surface area contributed by atoms with Gasteiger partial charge in [-0.25, -0.2) is 18.3 Å². The van der Waals surface area contributed by atoms with Crippen molar-refractivity contribution in [3.8, 4) is 10.6 Å². The predicted molar refractivity (Wildman–Crippen MR) is 161 cm³/mol. The molecule has 41 heavy (non-hydrogen) atoms. The molecular formula is C32H27N3O4S2. The van der Waals surface area contributed by atoms with Gasteiger partial charge in [-0.3, -0.25) is 9.59 Å². The number of hydrogen-bond donors (Lipinski definition) is 0. The van der Waals surface area contributed by atoms with Gasteiger partial charge in [-0.2, -0.15) is 4.31 Å². The van der Waals surface area contributed by atoms with Crippen LogP contribution in [0.2, 0.25) is 0 Å². The van der Waals surface area contributed by atoms with Gasteiger partial charge >= 0.3 is 0 Å². The molecule has 0 N–H and O–H groups in total. The molecule has 2 amide bonds. The van der Waals surface area contributed by atoms with E-state index in [4.69, 9.17) is 4.98 Å². The molecule has 6 rings (SSSR count). The molecule has 4 aromatic carbocycles. The molecule has 0 spiro atoms. The zero-order valence-corrected chi connectivity index (χ0v) is 23.9. The maximum Gasteiger partial charge on any atom is 0.252 e. The molecule has 2 heterocycles. The van der Waals surface area contributed by atoms with Crippen LogP contribution in [0.3, 0.4) is 0 Å². The fourth-order valence-corrected chi connectivity index (χ4v) is 7.75. The van der Waals surface area contributed by atoms with E-state index in [1.54, 1.807) is 41.7 Å². The summed E-state index contributed by atoms with van der Waals surface area (Å²) in [5.41, 5.74) is 4.30. The summed E-state index contributed by atoms with van der Waals surface area (Å²) in [6.45, 7) is 2.10. The molecule has 7 nitrogen and oxygen atoms in total. The Hall–Kier alpha value is -4.18. The van der Waals surface area contributed by atoms with E-state index in [1.165, 1.54) is 16.4 Å². The second kappa shape index (κ2) is 11.0. The zero-order chi connectivity index (χ0) is 28.6. The van der Waals surface area contributed by atoms with Crippen LogP contribution in [0.25, 0.3) is 20.8 Å². The molecule has 1 aliphatic rings. The van der Waals surface area contributed by atoms with Gasteiger partial charge in [-0.1, -0.05) is 54.6 Å². The van der Waals surface area contributed by atoms with Crippen molar-refractivity contribution in [1.82, 2.24) is 9.29 Å². The molecule has 0 saturated carbocycles. The Labute approximate surface area is 242 Å². The minimum absolute atomic E-state index is 0.0643. The van der Waals surface area contributed by atoms with E-state index in [-0.39, 0.29) is 17.9 Å². The SMILES string of the molecule is Cc1ccc2nc(-c3ccc(N4C(=O)CC(N(CCc5ccccc5)S(=O)(=O)c5ccccc5)C4=O)cc3)sc2c1. The quantitative estimate of drug-likeness (QED) is 0.215. The number of aryl methyl sites for hydroxylation is 1. The van der Waals surface area contributed by atoms with Crippen LogP contribution in [-0.4, -0.2) is 42.1 Å². The minimum atomic E-state index is -4.05. The highest BCUT2D eigenvalue weighted by molar-refractivity contribution is 7.89. The maximum absolute atomic E-state index is 13.8. The van der Waals surface area contributed by atoms with E-state index in [1.807, 2.05) is 61.5 Å². The van der Waals surface area contributed by atoms with E-state index in [2.05, 4.69) is 6.07 Å². The van der Waals surface area contributed by atoms with Gasteiger partial charge in [0.05, 0.1) is 27.2 Å². The molecule has 206 valence electrons. The van der Waals surface area contributed by atoms with E-state index >= 15 is 0 Å². The Morgan fingerprint density at radius 3 is 2.29 bits per heavy atom. The summed E-state index contributed by atoms with van der Waals surface area (Å²) in [4.78, 5) is 32.9. The lowest BCUT2D eigenvalue weighted by atomic mass is 10.1. The van der Waals surface area contributed by atoms with Crippen LogP contribution in [0.4, 0.5) is 5.69 Å². The largest absolute Gasteiger partial charge is 0.274 e. The topological polar surface area (TPSA) is 87.7 Å². The summed E-state index contributed by atoms with van der Waals surface area (Å²) in [5.74, 6) is -0.984. The van der Waals surface area contributed by atoms with E-state index in [0.29, 0.717) is 12.1 Å². The molecule has 1 aromatic heterocycles. The molecular weight excluding hydrogens is 555 g/mol. The number of aromatic nitrogens is 1. The van der Waals surface area contributed by atoms with E-state index in [9.17, 15) is 18.0 Å². The number of amides is 2. The summed E-state index contributed by atoms with van der Waals surface area (Å²) in [7, 11) is -4.05. The first-order chi connectivity index (χ1) is 19.8. The second-order valence-corrected chi connectivity index (χ2v) is 12.9. The summed E-state index contributed by atoms with van der Waals surface area (Å²) in [6.07, 6.45) is 0.180. The van der Waals surface area contributed by atoms with Crippen LogP contribution < -0.4 is 4.90 Å². The van der Waals surface area contributed by atoms with Gasteiger partial charge in [0, 0.05) is 12.1 Å². The van der Waals surface area contributed by atoms with Crippen LogP contribution in [0.1, 0.15) is 17.5 Å². The lowest BCUT2D eigenvalue weighted by Crippen LogP contribution is -2.46. The highest BCUT2D eigenvalue weighted by Gasteiger charge is 2.46. The van der Waals surface area contributed by atoms with Gasteiger partial charge in [0.2, 0.25) is 15.9 Å². The number of thiazole rings is 1. The molecule has 5 aromatic rings. The van der Waals surface area contributed by atoms with Crippen LogP contribution in [0, 0.1) is 6.92 Å². The normalized spacial score (nSPS) is 15.8. The fraction of sp³-hybridized carbons (Fsp3) is 0.156. The van der Waals surface area contributed by atoms with Crippen molar-refractivity contribution in [2.45, 2.75) is 30.7 Å². The minimum Gasteiger partial charge on any atom is -0.274 e. The molecule has 1 atom stereocenters. The van der Waals surface area contributed by atoms with Crippen molar-refractivity contribution in [2.75, 3.05) is 11.4 Å².